The molecule has 4 rings (SSSR count). The van der Waals surface area contributed by atoms with Gasteiger partial charge in [-0.1, -0.05) is 36.7 Å². The molecule has 0 unspecified atom stereocenters. The van der Waals surface area contributed by atoms with E-state index < -0.39 is 0 Å². The van der Waals surface area contributed by atoms with Crippen LogP contribution in [0.25, 0.3) is 11.0 Å². The highest BCUT2D eigenvalue weighted by molar-refractivity contribution is 6.31. The Morgan fingerprint density at radius 1 is 1.32 bits per heavy atom. The molecule has 2 aromatic carbocycles. The minimum Gasteiger partial charge on any atom is -0.348 e. The highest BCUT2D eigenvalue weighted by Gasteiger charge is 2.19. The molecule has 1 amide bonds. The second-order valence-corrected chi connectivity index (χ2v) is 7.16. The Morgan fingerprint density at radius 2 is 2.16 bits per heavy atom. The van der Waals surface area contributed by atoms with Crippen molar-refractivity contribution in [3.05, 3.63) is 64.4 Å². The summed E-state index contributed by atoms with van der Waals surface area (Å²) in [5.41, 5.74) is 3.55. The summed E-state index contributed by atoms with van der Waals surface area (Å²) in [7, 11) is 0. The average Bonchev–Trinajstić information content (AvgIpc) is 2.97. The van der Waals surface area contributed by atoms with Crippen molar-refractivity contribution in [3.8, 4) is 0 Å². The van der Waals surface area contributed by atoms with Gasteiger partial charge in [-0.3, -0.25) is 4.79 Å². The lowest BCUT2D eigenvalue weighted by molar-refractivity contribution is 0.0951. The first-order valence-corrected chi connectivity index (χ1v) is 9.00. The van der Waals surface area contributed by atoms with E-state index in [2.05, 4.69) is 16.8 Å². The van der Waals surface area contributed by atoms with Crippen LogP contribution in [0.5, 0.6) is 0 Å². The number of aryl methyl sites for hydroxylation is 1. The van der Waals surface area contributed by atoms with Crippen molar-refractivity contribution in [2.45, 2.75) is 32.9 Å². The third-order valence-corrected chi connectivity index (χ3v) is 5.23. The molecule has 1 N–H and O–H groups in total. The van der Waals surface area contributed by atoms with Crippen LogP contribution in [-0.4, -0.2) is 15.5 Å². The lowest BCUT2D eigenvalue weighted by Crippen LogP contribution is -2.22. The average molecular weight is 354 g/mol. The van der Waals surface area contributed by atoms with E-state index in [0.717, 1.165) is 35.4 Å². The summed E-state index contributed by atoms with van der Waals surface area (Å²) in [4.78, 5) is 17.2. The topological polar surface area (TPSA) is 46.9 Å². The number of rotatable bonds is 3. The highest BCUT2D eigenvalue weighted by atomic mass is 35.5. The van der Waals surface area contributed by atoms with Crippen LogP contribution < -0.4 is 5.32 Å². The molecule has 1 aliphatic rings. The molecule has 2 heterocycles. The Morgan fingerprint density at radius 3 is 3.00 bits per heavy atom. The summed E-state index contributed by atoms with van der Waals surface area (Å²) in [5.74, 6) is 1.69. The van der Waals surface area contributed by atoms with E-state index in [1.54, 1.807) is 0 Å². The zero-order valence-electron chi connectivity index (χ0n) is 14.1. The van der Waals surface area contributed by atoms with E-state index in [-0.39, 0.29) is 5.91 Å². The number of nitrogens with one attached hydrogen (secondary N) is 1. The Kier molecular flexibility index (Phi) is 4.22. The zero-order valence-corrected chi connectivity index (χ0v) is 14.9. The minimum absolute atomic E-state index is 0.110. The smallest absolute Gasteiger partial charge is 0.251 e. The van der Waals surface area contributed by atoms with Crippen molar-refractivity contribution < 1.29 is 4.79 Å². The molecule has 4 nitrogen and oxygen atoms in total. The van der Waals surface area contributed by atoms with Gasteiger partial charge in [0.05, 0.1) is 11.0 Å². The second kappa shape index (κ2) is 6.52. The van der Waals surface area contributed by atoms with Gasteiger partial charge in [-0.05, 0) is 42.2 Å². The monoisotopic (exact) mass is 353 g/mol. The molecule has 0 aliphatic carbocycles. The molecule has 128 valence electrons. The molecule has 0 fully saturated rings. The zero-order chi connectivity index (χ0) is 17.4. The Balaban J connectivity index is 1.55. The van der Waals surface area contributed by atoms with Crippen LogP contribution in [0.4, 0.5) is 0 Å². The largest absolute Gasteiger partial charge is 0.348 e. The Hall–Kier alpha value is -2.33. The first-order chi connectivity index (χ1) is 12.1. The number of aromatic nitrogens is 2. The predicted octanol–water partition coefficient (Wildman–Crippen LogP) is 4.20. The maximum absolute atomic E-state index is 12.5. The van der Waals surface area contributed by atoms with Crippen LogP contribution in [0.15, 0.2) is 42.5 Å². The molecular formula is C20H20ClN3O. The fourth-order valence-electron chi connectivity index (χ4n) is 3.41. The number of carbonyl (C=O) groups is 1. The van der Waals surface area contributed by atoms with Crippen LogP contribution >= 0.6 is 11.6 Å². The van der Waals surface area contributed by atoms with E-state index in [4.69, 9.17) is 16.6 Å². The van der Waals surface area contributed by atoms with E-state index in [1.807, 2.05) is 42.5 Å². The van der Waals surface area contributed by atoms with E-state index in [9.17, 15) is 4.79 Å². The molecule has 0 saturated heterocycles. The Labute approximate surface area is 151 Å². The van der Waals surface area contributed by atoms with Gasteiger partial charge in [0.1, 0.15) is 5.82 Å². The SMILES string of the molecule is C[C@H]1CCn2c(nc3cc(C(=O)NCc4ccccc4Cl)ccc32)C1. The number of carbonyl (C=O) groups excluding carboxylic acids is 1. The predicted molar refractivity (Wildman–Crippen MR) is 99.8 cm³/mol. The van der Waals surface area contributed by atoms with Gasteiger partial charge in [0.15, 0.2) is 0 Å². The van der Waals surface area contributed by atoms with E-state index in [1.165, 1.54) is 6.42 Å². The molecular weight excluding hydrogens is 334 g/mol. The van der Waals surface area contributed by atoms with Crippen molar-refractivity contribution in [3.63, 3.8) is 0 Å². The number of hydrogen-bond acceptors (Lipinski definition) is 2. The number of amides is 1. The van der Waals surface area contributed by atoms with E-state index >= 15 is 0 Å². The van der Waals surface area contributed by atoms with Crippen molar-refractivity contribution >= 4 is 28.5 Å². The number of benzene rings is 2. The van der Waals surface area contributed by atoms with Crippen LogP contribution in [-0.2, 0) is 19.5 Å². The summed E-state index contributed by atoms with van der Waals surface area (Å²) < 4.78 is 2.28. The van der Waals surface area contributed by atoms with Crippen LogP contribution in [0.2, 0.25) is 5.02 Å². The van der Waals surface area contributed by atoms with Crippen molar-refractivity contribution in [2.24, 2.45) is 5.92 Å². The summed E-state index contributed by atoms with van der Waals surface area (Å²) >= 11 is 6.14. The molecule has 0 radical (unpaired) electrons. The summed E-state index contributed by atoms with van der Waals surface area (Å²) in [6.07, 6.45) is 2.18. The van der Waals surface area contributed by atoms with Gasteiger partial charge in [0.2, 0.25) is 0 Å². The molecule has 0 bridgehead atoms. The Bertz CT molecular complexity index is 947. The highest BCUT2D eigenvalue weighted by Crippen LogP contribution is 2.26. The van der Waals surface area contributed by atoms with Crippen molar-refractivity contribution in [1.82, 2.24) is 14.9 Å². The first kappa shape index (κ1) is 16.2. The van der Waals surface area contributed by atoms with Crippen LogP contribution in [0.3, 0.4) is 0 Å². The summed E-state index contributed by atoms with van der Waals surface area (Å²) in [6, 6.07) is 13.3. The van der Waals surface area contributed by atoms with Gasteiger partial charge in [0, 0.05) is 30.1 Å². The van der Waals surface area contributed by atoms with Crippen molar-refractivity contribution in [2.75, 3.05) is 0 Å². The lowest BCUT2D eigenvalue weighted by atomic mass is 10.0. The standard InChI is InChI=1S/C20H20ClN3O/c1-13-8-9-24-18-7-6-14(11-17(18)23-19(24)10-13)20(25)22-12-15-4-2-3-5-16(15)21/h2-7,11,13H,8-10,12H2,1H3,(H,22,25)/t13-/m0/s1. The number of hydrogen-bond donors (Lipinski definition) is 1. The maximum Gasteiger partial charge on any atom is 0.251 e. The van der Waals surface area contributed by atoms with Gasteiger partial charge < -0.3 is 9.88 Å². The molecule has 1 aromatic heterocycles. The van der Waals surface area contributed by atoms with Gasteiger partial charge >= 0.3 is 0 Å². The first-order valence-electron chi connectivity index (χ1n) is 8.62. The van der Waals surface area contributed by atoms with Gasteiger partial charge in [-0.2, -0.15) is 0 Å². The minimum atomic E-state index is -0.110. The lowest BCUT2D eigenvalue weighted by Gasteiger charge is -2.19. The molecule has 1 aliphatic heterocycles. The molecule has 1 atom stereocenters. The van der Waals surface area contributed by atoms with Crippen LogP contribution in [0.1, 0.15) is 35.1 Å². The molecule has 0 spiro atoms. The van der Waals surface area contributed by atoms with Gasteiger partial charge in [0.25, 0.3) is 5.91 Å². The molecule has 5 heteroatoms. The quantitative estimate of drug-likeness (QED) is 0.767. The maximum atomic E-state index is 12.5. The van der Waals surface area contributed by atoms with Gasteiger partial charge in [-0.15, -0.1) is 0 Å². The number of nitrogens with zero attached hydrogens (tertiary/aromatic N) is 2. The summed E-state index contributed by atoms with van der Waals surface area (Å²) in [6.45, 7) is 3.68. The fraction of sp³-hybridized carbons (Fsp3) is 0.300. The normalized spacial score (nSPS) is 16.6. The molecule has 25 heavy (non-hydrogen) atoms. The third-order valence-electron chi connectivity index (χ3n) is 4.86. The number of halogens is 1. The van der Waals surface area contributed by atoms with Crippen molar-refractivity contribution in [1.29, 1.82) is 0 Å². The third kappa shape index (κ3) is 3.14. The van der Waals surface area contributed by atoms with E-state index in [0.29, 0.717) is 23.0 Å². The number of fused-ring (bicyclic) bond motifs is 3. The fourth-order valence-corrected chi connectivity index (χ4v) is 3.61. The molecule has 0 saturated carbocycles. The summed E-state index contributed by atoms with van der Waals surface area (Å²) in [5, 5.41) is 3.59. The number of imidazole rings is 1. The van der Waals surface area contributed by atoms with Gasteiger partial charge in [-0.25, -0.2) is 4.98 Å². The van der Waals surface area contributed by atoms with Crippen LogP contribution in [0, 0.1) is 5.92 Å². The molecule has 3 aromatic rings. The second-order valence-electron chi connectivity index (χ2n) is 6.76.